The quantitative estimate of drug-likeness (QED) is 0.767. The Morgan fingerprint density at radius 3 is 2.07 bits per heavy atom. The lowest BCUT2D eigenvalue weighted by Crippen LogP contribution is -1.93. The maximum atomic E-state index is 5.36. The van der Waals surface area contributed by atoms with E-state index in [1.165, 1.54) is 0 Å². The number of hydrogen-bond donors (Lipinski definition) is 0. The van der Waals surface area contributed by atoms with Gasteiger partial charge in [0.1, 0.15) is 16.8 Å². The summed E-state index contributed by atoms with van der Waals surface area (Å²) in [6.45, 7) is 3.82. The molecule has 0 aliphatic heterocycles. The molecule has 0 aromatic carbocycles. The Balaban J connectivity index is 2.25. The van der Waals surface area contributed by atoms with E-state index in [4.69, 9.17) is 8.83 Å². The lowest BCUT2D eigenvalue weighted by molar-refractivity contribution is 0.470. The van der Waals surface area contributed by atoms with E-state index in [1.54, 1.807) is 24.3 Å². The van der Waals surface area contributed by atoms with Crippen molar-refractivity contribution >= 4 is 11.8 Å². The van der Waals surface area contributed by atoms with Crippen LogP contribution in [0.3, 0.4) is 0 Å². The van der Waals surface area contributed by atoms with Crippen molar-refractivity contribution in [1.82, 2.24) is 0 Å². The topological polar surface area (TPSA) is 26.3 Å². The van der Waals surface area contributed by atoms with Gasteiger partial charge in [-0.05, 0) is 36.9 Å². The van der Waals surface area contributed by atoms with Crippen LogP contribution in [0.4, 0.5) is 0 Å². The van der Waals surface area contributed by atoms with Gasteiger partial charge in [0.05, 0.1) is 12.5 Å². The van der Waals surface area contributed by atoms with Crippen LogP contribution in [0.25, 0.3) is 0 Å². The third kappa shape index (κ3) is 1.87. The SMILES string of the molecule is [CH2]CSC(c1ccco1)c1ccco1. The summed E-state index contributed by atoms with van der Waals surface area (Å²) in [5.41, 5.74) is 0. The minimum Gasteiger partial charge on any atom is -0.468 e. The zero-order valence-electron chi connectivity index (χ0n) is 7.68. The maximum absolute atomic E-state index is 5.36. The van der Waals surface area contributed by atoms with Crippen LogP contribution in [0.5, 0.6) is 0 Å². The van der Waals surface area contributed by atoms with Crippen molar-refractivity contribution in [3.63, 3.8) is 0 Å². The van der Waals surface area contributed by atoms with E-state index >= 15 is 0 Å². The van der Waals surface area contributed by atoms with Gasteiger partial charge in [0.2, 0.25) is 0 Å². The molecule has 2 rings (SSSR count). The first kappa shape index (κ1) is 9.46. The highest BCUT2D eigenvalue weighted by molar-refractivity contribution is 7.99. The summed E-state index contributed by atoms with van der Waals surface area (Å²) >= 11 is 1.69. The van der Waals surface area contributed by atoms with Crippen LogP contribution < -0.4 is 0 Å². The Morgan fingerprint density at radius 1 is 1.14 bits per heavy atom. The third-order valence-electron chi connectivity index (χ3n) is 1.89. The fourth-order valence-electron chi connectivity index (χ4n) is 1.30. The molecule has 0 spiro atoms. The van der Waals surface area contributed by atoms with E-state index in [1.807, 2.05) is 24.3 Å². The molecule has 2 heterocycles. The average molecular weight is 207 g/mol. The van der Waals surface area contributed by atoms with Gasteiger partial charge in [0.15, 0.2) is 0 Å². The van der Waals surface area contributed by atoms with Crippen molar-refractivity contribution in [2.75, 3.05) is 5.75 Å². The smallest absolute Gasteiger partial charge is 0.124 e. The molecule has 0 aliphatic rings. The molecule has 0 amide bonds. The summed E-state index contributed by atoms with van der Waals surface area (Å²) in [4.78, 5) is 0. The number of rotatable bonds is 4. The van der Waals surface area contributed by atoms with Crippen molar-refractivity contribution < 1.29 is 8.83 Å². The highest BCUT2D eigenvalue weighted by atomic mass is 32.2. The molecule has 3 heteroatoms. The second-order valence-electron chi connectivity index (χ2n) is 2.78. The van der Waals surface area contributed by atoms with Gasteiger partial charge in [-0.1, -0.05) is 0 Å². The Morgan fingerprint density at radius 2 is 1.71 bits per heavy atom. The van der Waals surface area contributed by atoms with Crippen LogP contribution in [0.1, 0.15) is 16.8 Å². The Bertz CT molecular complexity index is 316. The highest BCUT2D eigenvalue weighted by Crippen LogP contribution is 2.35. The molecule has 0 fully saturated rings. The van der Waals surface area contributed by atoms with Gasteiger partial charge < -0.3 is 8.83 Å². The first-order chi connectivity index (χ1) is 6.92. The number of hydrogen-bond acceptors (Lipinski definition) is 3. The van der Waals surface area contributed by atoms with E-state index in [2.05, 4.69) is 6.92 Å². The molecule has 0 N–H and O–H groups in total. The molecule has 2 aromatic heterocycles. The minimum atomic E-state index is 0.123. The van der Waals surface area contributed by atoms with Gasteiger partial charge in [0, 0.05) is 0 Å². The van der Waals surface area contributed by atoms with Gasteiger partial charge in [-0.15, -0.1) is 11.8 Å². The lowest BCUT2D eigenvalue weighted by atomic mass is 10.2. The zero-order chi connectivity index (χ0) is 9.80. The maximum Gasteiger partial charge on any atom is 0.124 e. The normalized spacial score (nSPS) is 11.0. The van der Waals surface area contributed by atoms with Crippen molar-refractivity contribution in [2.45, 2.75) is 5.25 Å². The molecule has 0 unspecified atom stereocenters. The van der Waals surface area contributed by atoms with Crippen LogP contribution >= 0.6 is 11.8 Å². The van der Waals surface area contributed by atoms with Crippen molar-refractivity contribution in [2.24, 2.45) is 0 Å². The molecule has 0 bridgehead atoms. The third-order valence-corrected chi connectivity index (χ3v) is 2.92. The van der Waals surface area contributed by atoms with Gasteiger partial charge in [-0.3, -0.25) is 0 Å². The molecular formula is C11H11O2S. The predicted molar refractivity (Wildman–Crippen MR) is 57.1 cm³/mol. The lowest BCUT2D eigenvalue weighted by Gasteiger charge is -2.09. The first-order valence-corrected chi connectivity index (χ1v) is 5.44. The van der Waals surface area contributed by atoms with Gasteiger partial charge in [-0.25, -0.2) is 0 Å². The van der Waals surface area contributed by atoms with Gasteiger partial charge in [0.25, 0.3) is 0 Å². The van der Waals surface area contributed by atoms with Crippen molar-refractivity contribution in [3.8, 4) is 0 Å². The van der Waals surface area contributed by atoms with E-state index < -0.39 is 0 Å². The summed E-state index contributed by atoms with van der Waals surface area (Å²) in [6, 6.07) is 7.68. The Kier molecular flexibility index (Phi) is 2.99. The minimum absolute atomic E-state index is 0.123. The zero-order valence-corrected chi connectivity index (χ0v) is 8.50. The van der Waals surface area contributed by atoms with E-state index in [-0.39, 0.29) is 5.25 Å². The number of thioether (sulfide) groups is 1. The van der Waals surface area contributed by atoms with Crippen molar-refractivity contribution in [1.29, 1.82) is 0 Å². The molecule has 0 saturated heterocycles. The monoisotopic (exact) mass is 207 g/mol. The molecule has 0 saturated carbocycles. The highest BCUT2D eigenvalue weighted by Gasteiger charge is 2.18. The van der Waals surface area contributed by atoms with Crippen LogP contribution in [-0.4, -0.2) is 5.75 Å². The molecule has 0 atom stereocenters. The standard InChI is InChI=1S/C11H11O2S/c1-2-14-11(9-5-3-7-12-9)10-6-4-8-13-10/h3-8,11H,1-2H2. The molecule has 73 valence electrons. The Hall–Kier alpha value is -1.09. The van der Waals surface area contributed by atoms with Crippen LogP contribution in [0, 0.1) is 6.92 Å². The second-order valence-corrected chi connectivity index (χ2v) is 3.99. The van der Waals surface area contributed by atoms with Crippen LogP contribution in [0.2, 0.25) is 0 Å². The molecular weight excluding hydrogens is 196 g/mol. The predicted octanol–water partition coefficient (Wildman–Crippen LogP) is 3.53. The summed E-state index contributed by atoms with van der Waals surface area (Å²) < 4.78 is 10.7. The number of furan rings is 2. The summed E-state index contributed by atoms with van der Waals surface area (Å²) in [5.74, 6) is 2.61. The van der Waals surface area contributed by atoms with E-state index in [0.717, 1.165) is 17.3 Å². The fraction of sp³-hybridized carbons (Fsp3) is 0.182. The molecule has 2 aromatic rings. The Labute approximate surface area is 87.3 Å². The van der Waals surface area contributed by atoms with E-state index in [0.29, 0.717) is 0 Å². The molecule has 1 radical (unpaired) electrons. The largest absolute Gasteiger partial charge is 0.468 e. The molecule has 2 nitrogen and oxygen atoms in total. The molecule has 0 aliphatic carbocycles. The summed E-state index contributed by atoms with van der Waals surface area (Å²) in [5, 5.41) is 0.123. The van der Waals surface area contributed by atoms with Gasteiger partial charge in [-0.2, -0.15) is 0 Å². The van der Waals surface area contributed by atoms with Crippen LogP contribution in [-0.2, 0) is 0 Å². The van der Waals surface area contributed by atoms with Gasteiger partial charge >= 0.3 is 0 Å². The molecule has 14 heavy (non-hydrogen) atoms. The average Bonchev–Trinajstić information content (AvgIpc) is 2.87. The summed E-state index contributed by atoms with van der Waals surface area (Å²) in [7, 11) is 0. The van der Waals surface area contributed by atoms with Crippen molar-refractivity contribution in [3.05, 3.63) is 55.2 Å². The second kappa shape index (κ2) is 4.42. The first-order valence-electron chi connectivity index (χ1n) is 4.39. The fourth-order valence-corrected chi connectivity index (χ4v) is 2.14. The summed E-state index contributed by atoms with van der Waals surface area (Å²) in [6.07, 6.45) is 3.35. The van der Waals surface area contributed by atoms with E-state index in [9.17, 15) is 0 Å². The van der Waals surface area contributed by atoms with Crippen LogP contribution in [0.15, 0.2) is 45.6 Å².